The lowest BCUT2D eigenvalue weighted by molar-refractivity contribution is 0.483. The van der Waals surface area contributed by atoms with Crippen molar-refractivity contribution in [3.63, 3.8) is 0 Å². The number of fused-ring (bicyclic) bond motifs is 1. The van der Waals surface area contributed by atoms with E-state index in [1.165, 1.54) is 11.1 Å². The van der Waals surface area contributed by atoms with Crippen LogP contribution in [-0.4, -0.2) is 18.0 Å². The number of hydrogen-bond donors (Lipinski definition) is 1. The van der Waals surface area contributed by atoms with Gasteiger partial charge in [0.1, 0.15) is 0 Å². The van der Waals surface area contributed by atoms with Gasteiger partial charge in [0.05, 0.1) is 12.1 Å². The Hall–Kier alpha value is -2.29. The Morgan fingerprint density at radius 3 is 2.15 bits per heavy atom. The summed E-state index contributed by atoms with van der Waals surface area (Å²) in [6.45, 7) is 0.780. The van der Waals surface area contributed by atoms with Crippen molar-refractivity contribution in [2.45, 2.75) is 18.4 Å². The Bertz CT molecular complexity index is 651. The molecule has 0 saturated carbocycles. The monoisotopic (exact) mass is 263 g/mol. The van der Waals surface area contributed by atoms with Gasteiger partial charge in [-0.3, -0.25) is 4.99 Å². The predicted molar refractivity (Wildman–Crippen MR) is 82.0 cm³/mol. The first-order valence-corrected chi connectivity index (χ1v) is 7.01. The minimum absolute atomic E-state index is 0.00484. The predicted octanol–water partition coefficient (Wildman–Crippen LogP) is 2.36. The topological polar surface area (TPSA) is 41.6 Å². The van der Waals surface area contributed by atoms with Gasteiger partial charge in [-0.25, -0.2) is 0 Å². The zero-order valence-corrected chi connectivity index (χ0v) is 11.3. The van der Waals surface area contributed by atoms with E-state index in [9.17, 15) is 0 Å². The lowest BCUT2D eigenvalue weighted by Crippen LogP contribution is -2.52. The first kappa shape index (κ1) is 11.5. The zero-order chi connectivity index (χ0) is 13.6. The van der Waals surface area contributed by atoms with Crippen LogP contribution < -0.4 is 10.6 Å². The van der Waals surface area contributed by atoms with Gasteiger partial charge in [-0.2, -0.15) is 0 Å². The molecule has 0 fully saturated rings. The van der Waals surface area contributed by atoms with Crippen LogP contribution in [-0.2, 0) is 12.8 Å². The van der Waals surface area contributed by atoms with Gasteiger partial charge in [0, 0.05) is 5.69 Å². The Balaban J connectivity index is 1.77. The van der Waals surface area contributed by atoms with Crippen molar-refractivity contribution >= 4 is 11.6 Å². The molecule has 0 amide bonds. The van der Waals surface area contributed by atoms with Crippen LogP contribution in [0.25, 0.3) is 0 Å². The van der Waals surface area contributed by atoms with E-state index in [4.69, 9.17) is 5.73 Å². The molecule has 0 bridgehead atoms. The molecule has 3 nitrogen and oxygen atoms in total. The quantitative estimate of drug-likeness (QED) is 0.858. The van der Waals surface area contributed by atoms with Crippen molar-refractivity contribution in [2.24, 2.45) is 10.7 Å². The van der Waals surface area contributed by atoms with Gasteiger partial charge in [0.2, 0.25) is 0 Å². The molecule has 2 N–H and O–H groups in total. The van der Waals surface area contributed by atoms with Crippen LogP contribution in [0.5, 0.6) is 0 Å². The van der Waals surface area contributed by atoms with Gasteiger partial charge in [-0.1, -0.05) is 42.5 Å². The molecular weight excluding hydrogens is 246 g/mol. The molecule has 1 aliphatic heterocycles. The number of nitrogens with two attached hydrogens (primary N) is 1. The first-order chi connectivity index (χ1) is 9.78. The normalized spacial score (nSPS) is 19.2. The third-order valence-corrected chi connectivity index (χ3v) is 4.41. The van der Waals surface area contributed by atoms with E-state index in [0.29, 0.717) is 5.96 Å². The highest BCUT2D eigenvalue weighted by molar-refractivity contribution is 5.98. The summed E-state index contributed by atoms with van der Waals surface area (Å²) >= 11 is 0. The number of hydrogen-bond acceptors (Lipinski definition) is 3. The Kier molecular flexibility index (Phi) is 2.36. The minimum atomic E-state index is -0.00484. The second kappa shape index (κ2) is 4.10. The van der Waals surface area contributed by atoms with Gasteiger partial charge in [-0.15, -0.1) is 0 Å². The third kappa shape index (κ3) is 1.56. The summed E-state index contributed by atoms with van der Waals surface area (Å²) in [5, 5.41) is 0. The summed E-state index contributed by atoms with van der Waals surface area (Å²) in [4.78, 5) is 6.76. The summed E-state index contributed by atoms with van der Waals surface area (Å²) in [5.74, 6) is 0.643. The maximum absolute atomic E-state index is 6.18. The van der Waals surface area contributed by atoms with Crippen molar-refractivity contribution in [1.29, 1.82) is 0 Å². The number of nitrogens with zero attached hydrogens (tertiary/aromatic N) is 2. The van der Waals surface area contributed by atoms with Crippen LogP contribution in [0.15, 0.2) is 59.6 Å². The SMILES string of the molecule is NC1=NCC2(Cc3ccccc3C2)N1c1ccccc1. The fourth-order valence-electron chi connectivity index (χ4n) is 3.54. The Morgan fingerprint density at radius 2 is 1.50 bits per heavy atom. The average Bonchev–Trinajstić information content (AvgIpc) is 3.00. The van der Waals surface area contributed by atoms with Crippen LogP contribution in [0, 0.1) is 0 Å². The number of para-hydroxylation sites is 1. The van der Waals surface area contributed by atoms with Crippen LogP contribution in [0.4, 0.5) is 5.69 Å². The molecular formula is C17H17N3. The van der Waals surface area contributed by atoms with E-state index in [1.54, 1.807) is 0 Å². The van der Waals surface area contributed by atoms with E-state index in [-0.39, 0.29) is 5.54 Å². The molecule has 4 rings (SSSR count). The molecule has 0 saturated heterocycles. The summed E-state index contributed by atoms with van der Waals surface area (Å²) < 4.78 is 0. The minimum Gasteiger partial charge on any atom is -0.369 e. The summed E-state index contributed by atoms with van der Waals surface area (Å²) in [6, 6.07) is 19.0. The molecule has 1 spiro atoms. The highest BCUT2D eigenvalue weighted by Gasteiger charge is 2.47. The zero-order valence-electron chi connectivity index (χ0n) is 11.3. The van der Waals surface area contributed by atoms with Gasteiger partial charge < -0.3 is 10.6 Å². The fourth-order valence-corrected chi connectivity index (χ4v) is 3.54. The van der Waals surface area contributed by atoms with Crippen molar-refractivity contribution in [1.82, 2.24) is 0 Å². The molecule has 0 radical (unpaired) electrons. The summed E-state index contributed by atoms with van der Waals surface area (Å²) in [5.41, 5.74) is 10.2. The number of benzene rings is 2. The van der Waals surface area contributed by atoms with E-state index < -0.39 is 0 Å². The molecule has 2 aromatic rings. The highest BCUT2D eigenvalue weighted by atomic mass is 15.4. The van der Waals surface area contributed by atoms with Crippen molar-refractivity contribution in [3.8, 4) is 0 Å². The molecule has 3 heteroatoms. The van der Waals surface area contributed by atoms with E-state index in [0.717, 1.165) is 25.1 Å². The lowest BCUT2D eigenvalue weighted by atomic mass is 9.94. The molecule has 0 atom stereocenters. The second-order valence-corrected chi connectivity index (χ2v) is 5.69. The second-order valence-electron chi connectivity index (χ2n) is 5.69. The Labute approximate surface area is 118 Å². The van der Waals surface area contributed by atoms with Crippen molar-refractivity contribution < 1.29 is 0 Å². The number of rotatable bonds is 1. The standard InChI is InChI=1S/C17H17N3/c18-16-19-12-17(20(16)15-8-2-1-3-9-15)10-13-6-4-5-7-14(13)11-17/h1-9H,10-12H2,(H2,18,19). The van der Waals surface area contributed by atoms with Crippen molar-refractivity contribution in [3.05, 3.63) is 65.7 Å². The van der Waals surface area contributed by atoms with Gasteiger partial charge >= 0.3 is 0 Å². The maximum atomic E-state index is 6.18. The van der Waals surface area contributed by atoms with E-state index in [2.05, 4.69) is 58.4 Å². The van der Waals surface area contributed by atoms with E-state index >= 15 is 0 Å². The molecule has 1 aliphatic carbocycles. The van der Waals surface area contributed by atoms with Crippen LogP contribution >= 0.6 is 0 Å². The molecule has 0 unspecified atom stereocenters. The molecule has 2 aliphatic rings. The summed E-state index contributed by atoms with van der Waals surface area (Å²) in [6.07, 6.45) is 2.03. The largest absolute Gasteiger partial charge is 0.369 e. The number of aliphatic imine (C=N–C) groups is 1. The Morgan fingerprint density at radius 1 is 0.900 bits per heavy atom. The third-order valence-electron chi connectivity index (χ3n) is 4.41. The van der Waals surface area contributed by atoms with Crippen LogP contribution in [0.2, 0.25) is 0 Å². The molecule has 2 aromatic carbocycles. The number of anilines is 1. The average molecular weight is 263 g/mol. The first-order valence-electron chi connectivity index (χ1n) is 7.01. The highest BCUT2D eigenvalue weighted by Crippen LogP contribution is 2.39. The summed E-state index contributed by atoms with van der Waals surface area (Å²) in [7, 11) is 0. The molecule has 20 heavy (non-hydrogen) atoms. The maximum Gasteiger partial charge on any atom is 0.196 e. The van der Waals surface area contributed by atoms with Gasteiger partial charge in [0.15, 0.2) is 5.96 Å². The van der Waals surface area contributed by atoms with E-state index in [1.807, 2.05) is 6.07 Å². The lowest BCUT2D eigenvalue weighted by Gasteiger charge is -2.36. The smallest absolute Gasteiger partial charge is 0.196 e. The fraction of sp³-hybridized carbons (Fsp3) is 0.235. The molecule has 0 aromatic heterocycles. The van der Waals surface area contributed by atoms with Gasteiger partial charge in [-0.05, 0) is 36.1 Å². The van der Waals surface area contributed by atoms with Crippen molar-refractivity contribution in [2.75, 3.05) is 11.4 Å². The van der Waals surface area contributed by atoms with Gasteiger partial charge in [0.25, 0.3) is 0 Å². The van der Waals surface area contributed by atoms with Crippen LogP contribution in [0.1, 0.15) is 11.1 Å². The number of guanidine groups is 1. The molecule has 100 valence electrons. The van der Waals surface area contributed by atoms with Crippen LogP contribution in [0.3, 0.4) is 0 Å². The molecule has 1 heterocycles.